The molecule has 3 aromatic rings. The van der Waals surface area contributed by atoms with Gasteiger partial charge >= 0.3 is 0 Å². The van der Waals surface area contributed by atoms with Crippen LogP contribution in [0.3, 0.4) is 0 Å². The summed E-state index contributed by atoms with van der Waals surface area (Å²) in [6.07, 6.45) is 6.05. The van der Waals surface area contributed by atoms with Gasteiger partial charge in [-0.1, -0.05) is 42.5 Å². The molecule has 0 saturated heterocycles. The predicted octanol–water partition coefficient (Wildman–Crippen LogP) is 3.36. The molecule has 0 bridgehead atoms. The van der Waals surface area contributed by atoms with E-state index in [1.807, 2.05) is 18.2 Å². The molecule has 2 aromatic carbocycles. The maximum Gasteiger partial charge on any atom is 0.267 e. The summed E-state index contributed by atoms with van der Waals surface area (Å²) in [5, 5.41) is 9.77. The van der Waals surface area contributed by atoms with Crippen molar-refractivity contribution in [3.05, 3.63) is 77.5 Å². The first kappa shape index (κ1) is 17.9. The van der Waals surface area contributed by atoms with E-state index in [4.69, 9.17) is 5.21 Å². The Hall–Kier alpha value is -2.89. The van der Waals surface area contributed by atoms with Gasteiger partial charge in [-0.15, -0.1) is 0 Å². The topological polar surface area (TPSA) is 68.4 Å². The number of aromatic nitrogens is 1. The number of hydrogen-bond donors (Lipinski definition) is 3. The molecule has 0 saturated carbocycles. The van der Waals surface area contributed by atoms with Gasteiger partial charge in [0.2, 0.25) is 0 Å². The highest BCUT2D eigenvalue weighted by Gasteiger charge is 2.05. The van der Waals surface area contributed by atoms with Gasteiger partial charge in [0.05, 0.1) is 0 Å². The molecule has 1 aromatic heterocycles. The third-order valence-electron chi connectivity index (χ3n) is 4.41. The SMILES string of the molecule is CN(CCc1c[nH]c2ccccc12)Cc1ccc(/C=C/C(=O)NO)cc1. The van der Waals surface area contributed by atoms with Crippen molar-refractivity contribution in [3.63, 3.8) is 0 Å². The third kappa shape index (κ3) is 4.59. The molecule has 0 atom stereocenters. The van der Waals surface area contributed by atoms with E-state index in [1.165, 1.54) is 28.1 Å². The lowest BCUT2D eigenvalue weighted by Crippen LogP contribution is -2.20. The maximum atomic E-state index is 11.0. The van der Waals surface area contributed by atoms with Gasteiger partial charge in [0, 0.05) is 36.3 Å². The number of benzene rings is 2. The monoisotopic (exact) mass is 349 g/mol. The minimum absolute atomic E-state index is 0.536. The molecule has 3 N–H and O–H groups in total. The fraction of sp³-hybridized carbons (Fsp3) is 0.190. The number of carbonyl (C=O) groups is 1. The van der Waals surface area contributed by atoms with Crippen molar-refractivity contribution in [2.45, 2.75) is 13.0 Å². The smallest absolute Gasteiger partial charge is 0.267 e. The van der Waals surface area contributed by atoms with Crippen LogP contribution in [0.4, 0.5) is 0 Å². The number of aromatic amines is 1. The quantitative estimate of drug-likeness (QED) is 0.348. The van der Waals surface area contributed by atoms with Crippen LogP contribution in [0.5, 0.6) is 0 Å². The lowest BCUT2D eigenvalue weighted by molar-refractivity contribution is -0.124. The molecule has 0 fully saturated rings. The number of para-hydroxylation sites is 1. The molecule has 0 aliphatic carbocycles. The minimum atomic E-state index is -0.536. The average Bonchev–Trinajstić information content (AvgIpc) is 3.09. The van der Waals surface area contributed by atoms with Crippen molar-refractivity contribution >= 4 is 22.9 Å². The van der Waals surface area contributed by atoms with E-state index in [9.17, 15) is 4.79 Å². The van der Waals surface area contributed by atoms with Gasteiger partial charge in [0.1, 0.15) is 0 Å². The highest BCUT2D eigenvalue weighted by Crippen LogP contribution is 2.18. The van der Waals surface area contributed by atoms with Crippen LogP contribution in [-0.4, -0.2) is 34.6 Å². The summed E-state index contributed by atoms with van der Waals surface area (Å²) in [5.74, 6) is -0.536. The summed E-state index contributed by atoms with van der Waals surface area (Å²) in [6.45, 7) is 1.84. The van der Waals surface area contributed by atoms with Crippen LogP contribution >= 0.6 is 0 Å². The van der Waals surface area contributed by atoms with E-state index in [-0.39, 0.29) is 0 Å². The van der Waals surface area contributed by atoms with Crippen LogP contribution in [-0.2, 0) is 17.8 Å². The number of likely N-dealkylation sites (N-methyl/N-ethyl adjacent to an activating group) is 1. The zero-order valence-electron chi connectivity index (χ0n) is 14.8. The summed E-state index contributed by atoms with van der Waals surface area (Å²) in [4.78, 5) is 16.6. The van der Waals surface area contributed by atoms with E-state index in [0.717, 1.165) is 25.1 Å². The fourth-order valence-corrected chi connectivity index (χ4v) is 2.98. The summed E-state index contributed by atoms with van der Waals surface area (Å²) >= 11 is 0. The molecule has 26 heavy (non-hydrogen) atoms. The van der Waals surface area contributed by atoms with Crippen molar-refractivity contribution in [1.82, 2.24) is 15.4 Å². The van der Waals surface area contributed by atoms with E-state index in [0.29, 0.717) is 0 Å². The van der Waals surface area contributed by atoms with Crippen molar-refractivity contribution < 1.29 is 10.0 Å². The molecule has 0 aliphatic heterocycles. The van der Waals surface area contributed by atoms with Crippen LogP contribution in [0.25, 0.3) is 17.0 Å². The summed E-state index contributed by atoms with van der Waals surface area (Å²) in [7, 11) is 2.12. The predicted molar refractivity (Wildman–Crippen MR) is 104 cm³/mol. The lowest BCUT2D eigenvalue weighted by Gasteiger charge is -2.16. The number of hydrogen-bond acceptors (Lipinski definition) is 3. The molecule has 134 valence electrons. The van der Waals surface area contributed by atoms with Gasteiger partial charge < -0.3 is 9.88 Å². The van der Waals surface area contributed by atoms with Crippen LogP contribution in [0.15, 0.2) is 60.8 Å². The standard InChI is InChI=1S/C21H23N3O2/c1-24(13-12-18-14-22-20-5-3-2-4-19(18)20)15-17-8-6-16(7-9-17)10-11-21(25)23-26/h2-11,14,22,26H,12-13,15H2,1H3,(H,23,25)/b11-10+. The van der Waals surface area contributed by atoms with E-state index < -0.39 is 5.91 Å². The number of nitrogens with zero attached hydrogens (tertiary/aromatic N) is 1. The average molecular weight is 349 g/mol. The van der Waals surface area contributed by atoms with Gasteiger partial charge in [0.25, 0.3) is 5.91 Å². The first-order valence-electron chi connectivity index (χ1n) is 8.60. The Bertz CT molecular complexity index is 897. The second kappa shape index (κ2) is 8.47. The molecule has 0 radical (unpaired) electrons. The number of H-pyrrole nitrogens is 1. The zero-order chi connectivity index (χ0) is 18.4. The molecule has 0 unspecified atom stereocenters. The zero-order valence-corrected chi connectivity index (χ0v) is 14.8. The van der Waals surface area contributed by atoms with Gasteiger partial charge in [0.15, 0.2) is 0 Å². The lowest BCUT2D eigenvalue weighted by atomic mass is 10.1. The minimum Gasteiger partial charge on any atom is -0.361 e. The third-order valence-corrected chi connectivity index (χ3v) is 4.41. The number of fused-ring (bicyclic) bond motifs is 1. The second-order valence-electron chi connectivity index (χ2n) is 6.40. The maximum absolute atomic E-state index is 11.0. The van der Waals surface area contributed by atoms with Crippen LogP contribution < -0.4 is 5.48 Å². The molecule has 0 spiro atoms. The molecule has 3 rings (SSSR count). The summed E-state index contributed by atoms with van der Waals surface area (Å²) < 4.78 is 0. The Kier molecular flexibility index (Phi) is 5.84. The Morgan fingerprint density at radius 1 is 1.19 bits per heavy atom. The van der Waals surface area contributed by atoms with Gasteiger partial charge in [-0.2, -0.15) is 0 Å². The second-order valence-corrected chi connectivity index (χ2v) is 6.40. The van der Waals surface area contributed by atoms with Crippen molar-refractivity contribution in [1.29, 1.82) is 0 Å². The number of hydroxylamine groups is 1. The Morgan fingerprint density at radius 2 is 1.96 bits per heavy atom. The fourth-order valence-electron chi connectivity index (χ4n) is 2.98. The van der Waals surface area contributed by atoms with Gasteiger partial charge in [-0.05, 0) is 42.3 Å². The Morgan fingerprint density at radius 3 is 2.73 bits per heavy atom. The first-order chi connectivity index (χ1) is 12.7. The van der Waals surface area contributed by atoms with E-state index >= 15 is 0 Å². The molecular weight excluding hydrogens is 326 g/mol. The van der Waals surface area contributed by atoms with Crippen molar-refractivity contribution in [2.75, 3.05) is 13.6 Å². The highest BCUT2D eigenvalue weighted by molar-refractivity contribution is 5.90. The van der Waals surface area contributed by atoms with Gasteiger partial charge in [-0.25, -0.2) is 5.48 Å². The summed E-state index contributed by atoms with van der Waals surface area (Å²) in [6, 6.07) is 16.4. The molecule has 1 amide bonds. The van der Waals surface area contributed by atoms with Crippen LogP contribution in [0, 0.1) is 0 Å². The number of rotatable bonds is 7. The number of carbonyl (C=O) groups excluding carboxylic acids is 1. The van der Waals surface area contributed by atoms with E-state index in [2.05, 4.69) is 53.5 Å². The highest BCUT2D eigenvalue weighted by atomic mass is 16.5. The Balaban J connectivity index is 1.54. The summed E-state index contributed by atoms with van der Waals surface area (Å²) in [5.41, 5.74) is 6.23. The molecule has 0 aliphatic rings. The normalized spacial score (nSPS) is 11.5. The van der Waals surface area contributed by atoms with Crippen LogP contribution in [0.2, 0.25) is 0 Å². The molecule has 1 heterocycles. The number of nitrogens with one attached hydrogen (secondary N) is 2. The molecular formula is C21H23N3O2. The van der Waals surface area contributed by atoms with Crippen molar-refractivity contribution in [3.8, 4) is 0 Å². The van der Waals surface area contributed by atoms with E-state index in [1.54, 1.807) is 11.6 Å². The van der Waals surface area contributed by atoms with Crippen LogP contribution in [0.1, 0.15) is 16.7 Å². The largest absolute Gasteiger partial charge is 0.361 e. The van der Waals surface area contributed by atoms with Crippen molar-refractivity contribution in [2.24, 2.45) is 0 Å². The van der Waals surface area contributed by atoms with Gasteiger partial charge in [-0.3, -0.25) is 10.0 Å². The molecule has 5 heteroatoms. The first-order valence-corrected chi connectivity index (χ1v) is 8.60. The Labute approximate surface area is 152 Å². The number of amides is 1. The molecule has 5 nitrogen and oxygen atoms in total.